The standard InChI is InChI=1S/C12H15BrF2N2/c1-7-6-17(8(2)5-16-7)12-10(13)3-9(14)4-11(12)15/h3-4,7-8,16H,5-6H2,1-2H3. The molecule has 1 fully saturated rings. The number of halogens is 3. The summed E-state index contributed by atoms with van der Waals surface area (Å²) < 4.78 is 27.4. The van der Waals surface area contributed by atoms with E-state index in [2.05, 4.69) is 21.2 Å². The van der Waals surface area contributed by atoms with Gasteiger partial charge in [-0.3, -0.25) is 0 Å². The minimum atomic E-state index is -0.561. The molecule has 0 amide bonds. The molecule has 0 aliphatic carbocycles. The molecule has 0 radical (unpaired) electrons. The third-order valence-corrected chi connectivity index (χ3v) is 3.64. The smallest absolute Gasteiger partial charge is 0.150 e. The van der Waals surface area contributed by atoms with Crippen LogP contribution in [0.5, 0.6) is 0 Å². The number of benzene rings is 1. The van der Waals surface area contributed by atoms with Crippen molar-refractivity contribution in [3.05, 3.63) is 28.2 Å². The molecule has 0 aromatic heterocycles. The molecule has 1 aliphatic rings. The van der Waals surface area contributed by atoms with Gasteiger partial charge in [0.2, 0.25) is 0 Å². The molecule has 17 heavy (non-hydrogen) atoms. The van der Waals surface area contributed by atoms with E-state index in [0.717, 1.165) is 12.6 Å². The summed E-state index contributed by atoms with van der Waals surface area (Å²) in [5.74, 6) is -1.08. The number of nitrogens with zero attached hydrogens (tertiary/aromatic N) is 1. The van der Waals surface area contributed by atoms with E-state index < -0.39 is 11.6 Å². The normalized spacial score (nSPS) is 25.1. The third-order valence-electron chi connectivity index (χ3n) is 3.03. The van der Waals surface area contributed by atoms with Gasteiger partial charge < -0.3 is 10.2 Å². The van der Waals surface area contributed by atoms with Crippen molar-refractivity contribution in [2.75, 3.05) is 18.0 Å². The Morgan fingerprint density at radius 2 is 2.06 bits per heavy atom. The lowest BCUT2D eigenvalue weighted by molar-refractivity contribution is 0.419. The van der Waals surface area contributed by atoms with Crippen LogP contribution in [0.1, 0.15) is 13.8 Å². The van der Waals surface area contributed by atoms with Crippen molar-refractivity contribution < 1.29 is 8.78 Å². The highest BCUT2D eigenvalue weighted by Gasteiger charge is 2.26. The van der Waals surface area contributed by atoms with Crippen molar-refractivity contribution in [1.82, 2.24) is 5.32 Å². The Bertz CT molecular complexity index is 402. The van der Waals surface area contributed by atoms with Crippen molar-refractivity contribution in [3.63, 3.8) is 0 Å². The van der Waals surface area contributed by atoms with E-state index in [0.29, 0.717) is 22.7 Å². The van der Waals surface area contributed by atoms with Crippen LogP contribution >= 0.6 is 15.9 Å². The zero-order chi connectivity index (χ0) is 12.6. The molecule has 2 atom stereocenters. The molecule has 5 heteroatoms. The fourth-order valence-corrected chi connectivity index (χ4v) is 2.78. The summed E-state index contributed by atoms with van der Waals surface area (Å²) in [4.78, 5) is 1.97. The first kappa shape index (κ1) is 12.8. The molecule has 1 saturated heterocycles. The van der Waals surface area contributed by atoms with Gasteiger partial charge in [0.25, 0.3) is 0 Å². The van der Waals surface area contributed by atoms with Crippen LogP contribution in [0.15, 0.2) is 16.6 Å². The van der Waals surface area contributed by atoms with Gasteiger partial charge in [-0.05, 0) is 35.8 Å². The van der Waals surface area contributed by atoms with Crippen LogP contribution < -0.4 is 10.2 Å². The Balaban J connectivity index is 2.38. The molecule has 1 aromatic carbocycles. The molecule has 1 N–H and O–H groups in total. The second-order valence-corrected chi connectivity index (χ2v) is 5.38. The molecular weight excluding hydrogens is 290 g/mol. The summed E-state index contributed by atoms with van der Waals surface area (Å²) in [5.41, 5.74) is 0.451. The summed E-state index contributed by atoms with van der Waals surface area (Å²) in [6.07, 6.45) is 0. The van der Waals surface area contributed by atoms with Crippen LogP contribution in [0, 0.1) is 11.6 Å². The number of hydrogen-bond acceptors (Lipinski definition) is 2. The Morgan fingerprint density at radius 3 is 2.71 bits per heavy atom. The van der Waals surface area contributed by atoms with E-state index in [4.69, 9.17) is 0 Å². The van der Waals surface area contributed by atoms with Gasteiger partial charge in [-0.25, -0.2) is 8.78 Å². The second-order valence-electron chi connectivity index (χ2n) is 4.53. The van der Waals surface area contributed by atoms with Crippen LogP contribution in [-0.2, 0) is 0 Å². The summed E-state index contributed by atoms with van der Waals surface area (Å²) in [6, 6.07) is 2.71. The highest BCUT2D eigenvalue weighted by molar-refractivity contribution is 9.10. The maximum absolute atomic E-state index is 13.9. The predicted molar refractivity (Wildman–Crippen MR) is 68.3 cm³/mol. The van der Waals surface area contributed by atoms with Crippen LogP contribution in [0.4, 0.5) is 14.5 Å². The molecule has 2 unspecified atom stereocenters. The zero-order valence-electron chi connectivity index (χ0n) is 9.80. The van der Waals surface area contributed by atoms with E-state index in [9.17, 15) is 8.78 Å². The van der Waals surface area contributed by atoms with Gasteiger partial charge in [-0.2, -0.15) is 0 Å². The fraction of sp³-hybridized carbons (Fsp3) is 0.500. The molecular formula is C12H15BrF2N2. The fourth-order valence-electron chi connectivity index (χ4n) is 2.14. The predicted octanol–water partition coefficient (Wildman–Crippen LogP) is 2.91. The molecule has 0 saturated carbocycles. The SMILES string of the molecule is CC1CN(c2c(F)cc(F)cc2Br)C(C)CN1. The Labute approximate surface area is 108 Å². The number of nitrogens with one attached hydrogen (secondary N) is 1. The minimum absolute atomic E-state index is 0.183. The summed E-state index contributed by atoms with van der Waals surface area (Å²) in [6.45, 7) is 5.58. The number of rotatable bonds is 1. The van der Waals surface area contributed by atoms with Crippen LogP contribution in [0.2, 0.25) is 0 Å². The lowest BCUT2D eigenvalue weighted by Crippen LogP contribution is -2.54. The first-order chi connectivity index (χ1) is 7.99. The van der Waals surface area contributed by atoms with Gasteiger partial charge in [-0.1, -0.05) is 0 Å². The van der Waals surface area contributed by atoms with Crippen molar-refractivity contribution in [2.24, 2.45) is 0 Å². The summed E-state index contributed by atoms with van der Waals surface area (Å²) >= 11 is 3.24. The molecule has 2 rings (SSSR count). The zero-order valence-corrected chi connectivity index (χ0v) is 11.4. The second kappa shape index (κ2) is 4.90. The van der Waals surface area contributed by atoms with E-state index >= 15 is 0 Å². The molecule has 1 heterocycles. The van der Waals surface area contributed by atoms with Gasteiger partial charge >= 0.3 is 0 Å². The Morgan fingerprint density at radius 1 is 1.35 bits per heavy atom. The number of anilines is 1. The lowest BCUT2D eigenvalue weighted by atomic mass is 10.1. The molecule has 1 aliphatic heterocycles. The quantitative estimate of drug-likeness (QED) is 0.858. The molecule has 0 spiro atoms. The first-order valence-electron chi connectivity index (χ1n) is 5.63. The van der Waals surface area contributed by atoms with E-state index in [1.54, 1.807) is 0 Å². The number of piperazine rings is 1. The van der Waals surface area contributed by atoms with Crippen LogP contribution in [0.25, 0.3) is 0 Å². The maximum atomic E-state index is 13.9. The first-order valence-corrected chi connectivity index (χ1v) is 6.43. The van der Waals surface area contributed by atoms with Crippen LogP contribution in [-0.4, -0.2) is 25.2 Å². The average Bonchev–Trinajstić information content (AvgIpc) is 2.21. The Hall–Kier alpha value is -0.680. The number of hydrogen-bond donors (Lipinski definition) is 1. The highest BCUT2D eigenvalue weighted by Crippen LogP contribution is 2.32. The highest BCUT2D eigenvalue weighted by atomic mass is 79.9. The largest absolute Gasteiger partial charge is 0.363 e. The van der Waals surface area contributed by atoms with Crippen molar-refractivity contribution in [1.29, 1.82) is 0 Å². The van der Waals surface area contributed by atoms with Crippen molar-refractivity contribution in [2.45, 2.75) is 25.9 Å². The Kier molecular flexibility index (Phi) is 3.68. The third kappa shape index (κ3) is 2.60. The van der Waals surface area contributed by atoms with Gasteiger partial charge in [0, 0.05) is 35.7 Å². The van der Waals surface area contributed by atoms with Gasteiger partial charge in [0.15, 0.2) is 5.82 Å². The molecule has 1 aromatic rings. The van der Waals surface area contributed by atoms with Gasteiger partial charge in [0.1, 0.15) is 5.82 Å². The topological polar surface area (TPSA) is 15.3 Å². The van der Waals surface area contributed by atoms with E-state index in [1.165, 1.54) is 6.07 Å². The maximum Gasteiger partial charge on any atom is 0.150 e. The van der Waals surface area contributed by atoms with Gasteiger partial charge in [0.05, 0.1) is 5.69 Å². The molecule has 0 bridgehead atoms. The minimum Gasteiger partial charge on any atom is -0.363 e. The average molecular weight is 305 g/mol. The monoisotopic (exact) mass is 304 g/mol. The van der Waals surface area contributed by atoms with E-state index in [-0.39, 0.29) is 6.04 Å². The lowest BCUT2D eigenvalue weighted by Gasteiger charge is -2.39. The molecule has 2 nitrogen and oxygen atoms in total. The van der Waals surface area contributed by atoms with Crippen molar-refractivity contribution >= 4 is 21.6 Å². The summed E-state index contributed by atoms with van der Waals surface area (Å²) in [5, 5.41) is 3.33. The van der Waals surface area contributed by atoms with Gasteiger partial charge in [-0.15, -0.1) is 0 Å². The van der Waals surface area contributed by atoms with Crippen molar-refractivity contribution in [3.8, 4) is 0 Å². The van der Waals surface area contributed by atoms with E-state index in [1.807, 2.05) is 18.7 Å². The summed E-state index contributed by atoms with van der Waals surface area (Å²) in [7, 11) is 0. The van der Waals surface area contributed by atoms with Crippen LogP contribution in [0.3, 0.4) is 0 Å². The molecule has 94 valence electrons.